The third-order valence-electron chi connectivity index (χ3n) is 4.39. The molecule has 0 radical (unpaired) electrons. The Kier molecular flexibility index (Phi) is 4.93. The quantitative estimate of drug-likeness (QED) is 0.793. The van der Waals surface area contributed by atoms with E-state index in [-0.39, 0.29) is 12.2 Å². The molecule has 0 spiro atoms. The van der Waals surface area contributed by atoms with Crippen molar-refractivity contribution in [2.24, 2.45) is 5.92 Å². The first-order valence-electron chi connectivity index (χ1n) is 7.90. The van der Waals surface area contributed by atoms with E-state index in [0.717, 1.165) is 12.8 Å². The molecule has 6 nitrogen and oxygen atoms in total. The van der Waals surface area contributed by atoms with Crippen LogP contribution >= 0.6 is 0 Å². The van der Waals surface area contributed by atoms with Crippen LogP contribution in [0.2, 0.25) is 0 Å². The molecule has 0 atom stereocenters. The molecule has 1 aromatic carbocycles. The number of methoxy groups -OCH3 is 1. The predicted molar refractivity (Wildman–Crippen MR) is 82.1 cm³/mol. The summed E-state index contributed by atoms with van der Waals surface area (Å²) < 4.78 is 15.8. The fourth-order valence-electron chi connectivity index (χ4n) is 3.10. The summed E-state index contributed by atoms with van der Waals surface area (Å²) in [7, 11) is 1.33. The Morgan fingerprint density at radius 3 is 2.43 bits per heavy atom. The lowest BCUT2D eigenvalue weighted by atomic mass is 9.95. The zero-order chi connectivity index (χ0) is 16.2. The second kappa shape index (κ2) is 7.10. The molecule has 1 amide bonds. The number of ether oxygens (including phenoxy) is 3. The molecule has 2 saturated heterocycles. The number of piperidine rings is 1. The maximum absolute atomic E-state index is 12.6. The molecule has 1 aromatic rings. The Hall–Kier alpha value is -1.92. The average molecular weight is 319 g/mol. The zero-order valence-corrected chi connectivity index (χ0v) is 13.2. The number of amides is 1. The number of hydrogen-bond donors (Lipinski definition) is 0. The van der Waals surface area contributed by atoms with Gasteiger partial charge in [0, 0.05) is 24.6 Å². The van der Waals surface area contributed by atoms with Crippen LogP contribution in [0.5, 0.6) is 0 Å². The largest absolute Gasteiger partial charge is 0.465 e. The Morgan fingerprint density at radius 1 is 1.13 bits per heavy atom. The monoisotopic (exact) mass is 319 g/mol. The topological polar surface area (TPSA) is 65.1 Å². The van der Waals surface area contributed by atoms with Crippen LogP contribution in [0, 0.1) is 5.92 Å². The van der Waals surface area contributed by atoms with Crippen molar-refractivity contribution in [2.45, 2.75) is 19.1 Å². The zero-order valence-electron chi connectivity index (χ0n) is 13.2. The molecule has 6 heteroatoms. The van der Waals surface area contributed by atoms with Crippen LogP contribution in [0.3, 0.4) is 0 Å². The molecular weight excluding hydrogens is 298 g/mol. The van der Waals surface area contributed by atoms with E-state index < -0.39 is 5.97 Å². The predicted octanol–water partition coefficient (Wildman–Crippen LogP) is 1.70. The fraction of sp³-hybridized carbons (Fsp3) is 0.529. The van der Waals surface area contributed by atoms with Gasteiger partial charge in [0.1, 0.15) is 0 Å². The number of rotatable bonds is 3. The van der Waals surface area contributed by atoms with Crippen molar-refractivity contribution < 1.29 is 23.8 Å². The lowest BCUT2D eigenvalue weighted by Crippen LogP contribution is -2.41. The second-order valence-corrected chi connectivity index (χ2v) is 5.81. The minimum Gasteiger partial charge on any atom is -0.465 e. The molecule has 0 aromatic heterocycles. The van der Waals surface area contributed by atoms with Crippen molar-refractivity contribution in [3.05, 3.63) is 35.4 Å². The van der Waals surface area contributed by atoms with Gasteiger partial charge in [-0.1, -0.05) is 6.07 Å². The van der Waals surface area contributed by atoms with Crippen LogP contribution in [0.4, 0.5) is 0 Å². The highest BCUT2D eigenvalue weighted by molar-refractivity contribution is 5.97. The lowest BCUT2D eigenvalue weighted by Gasteiger charge is -2.33. The summed E-state index contributed by atoms with van der Waals surface area (Å²) in [6, 6.07) is 6.66. The van der Waals surface area contributed by atoms with E-state index in [0.29, 0.717) is 43.3 Å². The first-order valence-corrected chi connectivity index (χ1v) is 7.90. The third-order valence-corrected chi connectivity index (χ3v) is 4.39. The van der Waals surface area contributed by atoms with Crippen LogP contribution in [-0.2, 0) is 14.2 Å². The van der Waals surface area contributed by atoms with Gasteiger partial charge < -0.3 is 19.1 Å². The van der Waals surface area contributed by atoms with E-state index >= 15 is 0 Å². The van der Waals surface area contributed by atoms with Crippen LogP contribution in [0.15, 0.2) is 24.3 Å². The van der Waals surface area contributed by atoms with E-state index in [1.165, 1.54) is 7.11 Å². The Labute approximate surface area is 135 Å². The van der Waals surface area contributed by atoms with Crippen molar-refractivity contribution in [1.29, 1.82) is 0 Å². The number of likely N-dealkylation sites (tertiary alicyclic amines) is 1. The smallest absolute Gasteiger partial charge is 0.337 e. The van der Waals surface area contributed by atoms with Crippen molar-refractivity contribution in [3.8, 4) is 0 Å². The number of nitrogens with zero attached hydrogens (tertiary/aromatic N) is 1. The lowest BCUT2D eigenvalue weighted by molar-refractivity contribution is -0.0956. The molecule has 3 rings (SSSR count). The molecule has 2 heterocycles. The Balaban J connectivity index is 1.62. The van der Waals surface area contributed by atoms with Crippen molar-refractivity contribution in [1.82, 2.24) is 4.90 Å². The van der Waals surface area contributed by atoms with E-state index in [1.54, 1.807) is 24.3 Å². The van der Waals surface area contributed by atoms with Crippen LogP contribution < -0.4 is 0 Å². The highest BCUT2D eigenvalue weighted by Gasteiger charge is 2.32. The number of carbonyl (C=O) groups excluding carboxylic acids is 2. The van der Waals surface area contributed by atoms with Gasteiger partial charge in [0.2, 0.25) is 0 Å². The minimum absolute atomic E-state index is 0.0533. The maximum atomic E-state index is 12.6. The third kappa shape index (κ3) is 3.54. The summed E-state index contributed by atoms with van der Waals surface area (Å²) in [5, 5.41) is 0. The van der Waals surface area contributed by atoms with Gasteiger partial charge in [-0.05, 0) is 31.0 Å². The van der Waals surface area contributed by atoms with Gasteiger partial charge in [0.15, 0.2) is 6.29 Å². The Morgan fingerprint density at radius 2 is 1.78 bits per heavy atom. The van der Waals surface area contributed by atoms with Crippen molar-refractivity contribution >= 4 is 11.9 Å². The number of carbonyl (C=O) groups is 2. The molecule has 124 valence electrons. The van der Waals surface area contributed by atoms with Crippen molar-refractivity contribution in [3.63, 3.8) is 0 Å². The van der Waals surface area contributed by atoms with Crippen LogP contribution in [0.25, 0.3) is 0 Å². The van der Waals surface area contributed by atoms with Gasteiger partial charge in [-0.2, -0.15) is 0 Å². The molecule has 2 aliphatic heterocycles. The number of esters is 1. The summed E-state index contributed by atoms with van der Waals surface area (Å²) in [4.78, 5) is 26.0. The Bertz CT molecular complexity index is 574. The molecular formula is C17H21NO5. The molecule has 23 heavy (non-hydrogen) atoms. The number of hydrogen-bond acceptors (Lipinski definition) is 5. The molecule has 0 aliphatic carbocycles. The molecule has 0 N–H and O–H groups in total. The molecule has 0 saturated carbocycles. The van der Waals surface area contributed by atoms with Crippen LogP contribution in [0.1, 0.15) is 33.6 Å². The second-order valence-electron chi connectivity index (χ2n) is 5.81. The summed E-state index contributed by atoms with van der Waals surface area (Å²) in [6.07, 6.45) is 1.62. The first-order chi connectivity index (χ1) is 11.2. The molecule has 2 fully saturated rings. The van der Waals surface area contributed by atoms with Gasteiger partial charge in [-0.25, -0.2) is 4.79 Å². The molecule has 0 bridgehead atoms. The van der Waals surface area contributed by atoms with E-state index in [9.17, 15) is 9.59 Å². The normalized spacial score (nSPS) is 19.8. The van der Waals surface area contributed by atoms with E-state index in [1.807, 2.05) is 4.90 Å². The van der Waals surface area contributed by atoms with Gasteiger partial charge in [0.05, 0.1) is 25.9 Å². The molecule has 2 aliphatic rings. The van der Waals surface area contributed by atoms with Gasteiger partial charge in [-0.15, -0.1) is 0 Å². The summed E-state index contributed by atoms with van der Waals surface area (Å²) in [5.41, 5.74) is 0.903. The van der Waals surface area contributed by atoms with Gasteiger partial charge in [0.25, 0.3) is 5.91 Å². The van der Waals surface area contributed by atoms with E-state index in [4.69, 9.17) is 14.2 Å². The summed E-state index contributed by atoms with van der Waals surface area (Å²) in [6.45, 7) is 2.67. The maximum Gasteiger partial charge on any atom is 0.337 e. The standard InChI is InChI=1S/C17H21NO5/c1-21-16(20)14-4-2-3-13(11-14)15(19)18-7-5-12(6-8-18)17-22-9-10-23-17/h2-4,11-12,17H,5-10H2,1H3. The van der Waals surface area contributed by atoms with Crippen LogP contribution in [-0.4, -0.2) is 56.5 Å². The molecule has 0 unspecified atom stereocenters. The summed E-state index contributed by atoms with van der Waals surface area (Å²) in [5.74, 6) is -0.140. The minimum atomic E-state index is -0.436. The first kappa shape index (κ1) is 16.0. The summed E-state index contributed by atoms with van der Waals surface area (Å²) >= 11 is 0. The number of benzene rings is 1. The SMILES string of the molecule is COC(=O)c1cccc(C(=O)N2CCC(C3OCCO3)CC2)c1. The highest BCUT2D eigenvalue weighted by atomic mass is 16.7. The average Bonchev–Trinajstić information content (AvgIpc) is 3.15. The van der Waals surface area contributed by atoms with Gasteiger partial charge >= 0.3 is 5.97 Å². The fourth-order valence-corrected chi connectivity index (χ4v) is 3.10. The van der Waals surface area contributed by atoms with Gasteiger partial charge in [-0.3, -0.25) is 4.79 Å². The van der Waals surface area contributed by atoms with E-state index in [2.05, 4.69) is 0 Å². The highest BCUT2D eigenvalue weighted by Crippen LogP contribution is 2.26. The van der Waals surface area contributed by atoms with Crippen molar-refractivity contribution in [2.75, 3.05) is 33.4 Å².